The summed E-state index contributed by atoms with van der Waals surface area (Å²) in [7, 11) is 0. The molecule has 3 aromatic rings. The Morgan fingerprint density at radius 1 is 1.00 bits per heavy atom. The summed E-state index contributed by atoms with van der Waals surface area (Å²) in [6, 6.07) is 14.0. The summed E-state index contributed by atoms with van der Waals surface area (Å²) in [5, 5.41) is 2.81. The number of amides is 4. The highest BCUT2D eigenvalue weighted by atomic mass is 79.9. The fraction of sp³-hybridized carbons (Fsp3) is 0.0870. The molecule has 2 heterocycles. The van der Waals surface area contributed by atoms with Gasteiger partial charge >= 0.3 is 6.03 Å². The molecule has 0 atom stereocenters. The van der Waals surface area contributed by atoms with Crippen LogP contribution in [0.25, 0.3) is 6.08 Å². The first-order chi connectivity index (χ1) is 15.2. The van der Waals surface area contributed by atoms with E-state index in [0.29, 0.717) is 26.6 Å². The lowest BCUT2D eigenvalue weighted by Crippen LogP contribution is -2.54. The Morgan fingerprint density at radius 2 is 1.72 bits per heavy atom. The van der Waals surface area contributed by atoms with Gasteiger partial charge in [-0.05, 0) is 77.8 Å². The minimum Gasteiger partial charge on any atom is -0.449 e. The molecule has 32 heavy (non-hydrogen) atoms. The van der Waals surface area contributed by atoms with Gasteiger partial charge in [-0.3, -0.25) is 14.9 Å². The molecular weight excluding hydrogens is 560 g/mol. The van der Waals surface area contributed by atoms with Crippen LogP contribution in [0.3, 0.4) is 0 Å². The Morgan fingerprint density at radius 3 is 2.41 bits per heavy atom. The van der Waals surface area contributed by atoms with Crippen molar-refractivity contribution in [2.45, 2.75) is 23.8 Å². The summed E-state index contributed by atoms with van der Waals surface area (Å²) < 4.78 is 7.36. The van der Waals surface area contributed by atoms with Gasteiger partial charge in [0.25, 0.3) is 11.8 Å². The van der Waals surface area contributed by atoms with Crippen molar-refractivity contribution in [3.63, 3.8) is 0 Å². The third-order valence-corrected chi connectivity index (χ3v) is 7.04. The molecule has 2 aromatic carbocycles. The number of nitrogens with one attached hydrogen (secondary N) is 1. The number of aryl methyl sites for hydroxylation is 2. The van der Waals surface area contributed by atoms with Crippen LogP contribution in [0.2, 0.25) is 0 Å². The van der Waals surface area contributed by atoms with Crippen LogP contribution in [0.1, 0.15) is 16.9 Å². The number of furan rings is 1. The maximum absolute atomic E-state index is 13.1. The number of anilines is 1. The van der Waals surface area contributed by atoms with Crippen molar-refractivity contribution < 1.29 is 18.8 Å². The number of benzene rings is 2. The van der Waals surface area contributed by atoms with E-state index in [1.54, 1.807) is 31.2 Å². The van der Waals surface area contributed by atoms with Crippen LogP contribution in [0.5, 0.6) is 0 Å². The van der Waals surface area contributed by atoms with Crippen molar-refractivity contribution in [1.82, 2.24) is 5.32 Å². The molecule has 9 heteroatoms. The monoisotopic (exact) mass is 574 g/mol. The molecular formula is C23H16Br2N2O4S. The number of rotatable bonds is 4. The van der Waals surface area contributed by atoms with E-state index in [1.165, 1.54) is 17.8 Å². The summed E-state index contributed by atoms with van der Waals surface area (Å²) >= 11 is 8.24. The van der Waals surface area contributed by atoms with Crippen molar-refractivity contribution in [3.05, 3.63) is 79.9 Å². The first-order valence-electron chi connectivity index (χ1n) is 9.44. The molecule has 1 aliphatic rings. The number of carbonyl (C=O) groups excluding carboxylic acids is 3. The van der Waals surface area contributed by atoms with Gasteiger partial charge in [-0.25, -0.2) is 9.69 Å². The molecule has 6 nitrogen and oxygen atoms in total. The normalized spacial score (nSPS) is 15.4. The second-order valence-corrected chi connectivity index (χ2v) is 9.90. The topological polar surface area (TPSA) is 79.6 Å². The predicted molar refractivity (Wildman–Crippen MR) is 130 cm³/mol. The van der Waals surface area contributed by atoms with Crippen LogP contribution in [0, 0.1) is 13.8 Å². The van der Waals surface area contributed by atoms with Gasteiger partial charge in [-0.15, -0.1) is 0 Å². The Kier molecular flexibility index (Phi) is 6.41. The van der Waals surface area contributed by atoms with Crippen LogP contribution >= 0.6 is 43.6 Å². The maximum Gasteiger partial charge on any atom is 0.335 e. The summed E-state index contributed by atoms with van der Waals surface area (Å²) in [5.41, 5.74) is 2.06. The smallest absolute Gasteiger partial charge is 0.335 e. The molecule has 0 radical (unpaired) electrons. The number of barbiturate groups is 1. The molecule has 0 bridgehead atoms. The van der Waals surface area contributed by atoms with E-state index in [4.69, 9.17) is 4.42 Å². The molecule has 0 unspecified atom stereocenters. The molecule has 4 amide bonds. The second kappa shape index (κ2) is 9.09. The van der Waals surface area contributed by atoms with E-state index in [1.807, 2.05) is 31.2 Å². The van der Waals surface area contributed by atoms with Crippen molar-refractivity contribution in [2.24, 2.45) is 0 Å². The fourth-order valence-corrected chi connectivity index (χ4v) is 4.92. The molecule has 1 saturated heterocycles. The first kappa shape index (κ1) is 22.6. The van der Waals surface area contributed by atoms with Crippen molar-refractivity contribution in [1.29, 1.82) is 0 Å². The Balaban J connectivity index is 1.65. The van der Waals surface area contributed by atoms with Crippen LogP contribution in [0.4, 0.5) is 10.5 Å². The van der Waals surface area contributed by atoms with Crippen LogP contribution in [-0.4, -0.2) is 17.8 Å². The maximum atomic E-state index is 13.1. The van der Waals surface area contributed by atoms with E-state index in [9.17, 15) is 14.4 Å². The molecule has 0 aliphatic carbocycles. The van der Waals surface area contributed by atoms with Gasteiger partial charge in [-0.2, -0.15) is 0 Å². The van der Waals surface area contributed by atoms with E-state index < -0.39 is 17.8 Å². The lowest BCUT2D eigenvalue weighted by atomic mass is 10.1. The van der Waals surface area contributed by atoms with Crippen molar-refractivity contribution >= 4 is 73.2 Å². The molecule has 162 valence electrons. The van der Waals surface area contributed by atoms with Crippen molar-refractivity contribution in [2.75, 3.05) is 4.90 Å². The molecule has 1 aromatic heterocycles. The zero-order valence-electron chi connectivity index (χ0n) is 16.9. The molecule has 0 saturated carbocycles. The third kappa shape index (κ3) is 4.60. The number of nitrogens with zero attached hydrogens (tertiary/aromatic N) is 1. The minimum atomic E-state index is -0.793. The number of hydrogen-bond acceptors (Lipinski definition) is 5. The van der Waals surface area contributed by atoms with Gasteiger partial charge in [0.1, 0.15) is 11.3 Å². The van der Waals surface area contributed by atoms with Crippen LogP contribution in [0.15, 0.2) is 77.5 Å². The highest BCUT2D eigenvalue weighted by Gasteiger charge is 2.37. The number of imide groups is 2. The van der Waals surface area contributed by atoms with Gasteiger partial charge < -0.3 is 4.42 Å². The van der Waals surface area contributed by atoms with Gasteiger partial charge in [0.2, 0.25) is 0 Å². The van der Waals surface area contributed by atoms with E-state index in [0.717, 1.165) is 19.8 Å². The average Bonchev–Trinajstić information content (AvgIpc) is 3.07. The molecule has 1 N–H and O–H groups in total. The molecule has 1 aliphatic heterocycles. The standard InChI is InChI=1S/C23H16Br2N2O4S/c1-12-3-6-16(7-4-12)32-22-18(25)11-15(31-22)10-17-20(28)26-23(30)27(21(17)29)19-8-5-14(24)9-13(19)2/h3-11H,1-2H3,(H,26,28,30)/b17-10+. The first-order valence-corrected chi connectivity index (χ1v) is 11.8. The average molecular weight is 576 g/mol. The highest BCUT2D eigenvalue weighted by molar-refractivity contribution is 9.10. The minimum absolute atomic E-state index is 0.194. The van der Waals surface area contributed by atoms with Gasteiger partial charge in [0.15, 0.2) is 5.09 Å². The van der Waals surface area contributed by atoms with E-state index >= 15 is 0 Å². The summed E-state index contributed by atoms with van der Waals surface area (Å²) in [6.45, 7) is 3.79. The Hall–Kier alpha value is -2.62. The zero-order valence-corrected chi connectivity index (χ0v) is 20.9. The molecule has 4 rings (SSSR count). The number of halogens is 2. The quantitative estimate of drug-likeness (QED) is 0.294. The third-order valence-electron chi connectivity index (χ3n) is 4.69. The Bertz CT molecular complexity index is 1280. The SMILES string of the molecule is Cc1ccc(Sc2oc(/C=C3\C(=O)NC(=O)N(c4ccc(Br)cc4C)C3=O)cc2Br)cc1. The Labute approximate surface area is 205 Å². The lowest BCUT2D eigenvalue weighted by molar-refractivity contribution is -0.122. The fourth-order valence-electron chi connectivity index (χ4n) is 3.11. The second-order valence-electron chi connectivity index (χ2n) is 7.09. The van der Waals surface area contributed by atoms with Crippen LogP contribution < -0.4 is 10.2 Å². The summed E-state index contributed by atoms with van der Waals surface area (Å²) in [4.78, 5) is 39.9. The number of carbonyl (C=O) groups is 3. The van der Waals surface area contributed by atoms with Gasteiger partial charge in [-0.1, -0.05) is 45.4 Å². The predicted octanol–water partition coefficient (Wildman–Crippen LogP) is 6.24. The molecule has 1 fully saturated rings. The zero-order chi connectivity index (χ0) is 23.0. The van der Waals surface area contributed by atoms with Gasteiger partial charge in [0, 0.05) is 9.37 Å². The number of urea groups is 1. The number of hydrogen-bond donors (Lipinski definition) is 1. The van der Waals surface area contributed by atoms with E-state index in [2.05, 4.69) is 37.2 Å². The molecule has 0 spiro atoms. The van der Waals surface area contributed by atoms with Gasteiger partial charge in [0.05, 0.1) is 10.2 Å². The highest BCUT2D eigenvalue weighted by Crippen LogP contribution is 2.37. The largest absolute Gasteiger partial charge is 0.449 e. The summed E-state index contributed by atoms with van der Waals surface area (Å²) in [6.07, 6.45) is 1.34. The van der Waals surface area contributed by atoms with Crippen LogP contribution in [-0.2, 0) is 9.59 Å². The lowest BCUT2D eigenvalue weighted by Gasteiger charge is -2.27. The van der Waals surface area contributed by atoms with Crippen molar-refractivity contribution in [3.8, 4) is 0 Å². The van der Waals surface area contributed by atoms with E-state index in [-0.39, 0.29) is 5.57 Å². The summed E-state index contributed by atoms with van der Waals surface area (Å²) in [5.74, 6) is -1.18.